The van der Waals surface area contributed by atoms with Crippen LogP contribution in [0.1, 0.15) is 12.5 Å². The van der Waals surface area contributed by atoms with E-state index in [2.05, 4.69) is 4.98 Å². The lowest BCUT2D eigenvalue weighted by atomic mass is 10.1. The number of hydrogen-bond acceptors (Lipinski definition) is 3. The largest absolute Gasteiger partial charge is 0.507 e. The molecule has 0 atom stereocenters. The zero-order valence-corrected chi connectivity index (χ0v) is 13.0. The Hall–Kier alpha value is -1.99. The molecule has 2 rings (SSSR count). The maximum atomic E-state index is 12.7. The second kappa shape index (κ2) is 6.25. The minimum atomic E-state index is -4.60. The van der Waals surface area contributed by atoms with Crippen molar-refractivity contribution in [1.29, 1.82) is 0 Å². The highest BCUT2D eigenvalue weighted by atomic mass is 35.5. The first-order valence-corrected chi connectivity index (χ1v) is 6.86. The third-order valence-electron chi connectivity index (χ3n) is 2.91. The van der Waals surface area contributed by atoms with E-state index in [0.717, 1.165) is 0 Å². The third-order valence-corrected chi connectivity index (χ3v) is 3.62. The molecule has 1 heterocycles. The van der Waals surface area contributed by atoms with Gasteiger partial charge in [-0.2, -0.15) is 13.2 Å². The monoisotopic (exact) mass is 364 g/mol. The molecule has 1 aromatic carbocycles. The van der Waals surface area contributed by atoms with E-state index in [1.807, 2.05) is 0 Å². The number of nitrogens with zero attached hydrogens (tertiary/aromatic N) is 2. The molecule has 0 aliphatic heterocycles. The van der Waals surface area contributed by atoms with Crippen LogP contribution in [0.15, 0.2) is 30.5 Å². The highest BCUT2D eigenvalue weighted by Gasteiger charge is 2.32. The molecular formula is C14H9Cl2F3N2O2. The number of hydrogen-bond donors (Lipinski definition) is 1. The number of rotatable bonds is 2. The van der Waals surface area contributed by atoms with Gasteiger partial charge in [-0.3, -0.25) is 9.78 Å². The molecule has 2 aromatic rings. The van der Waals surface area contributed by atoms with E-state index in [-0.39, 0.29) is 27.7 Å². The predicted octanol–water partition coefficient (Wildman–Crippen LogP) is 4.63. The Balaban J connectivity index is 2.65. The number of phenolic OH excluding ortho intramolecular Hbond substituents is 1. The summed E-state index contributed by atoms with van der Waals surface area (Å²) < 4.78 is 38.7. The van der Waals surface area contributed by atoms with E-state index in [0.29, 0.717) is 16.7 Å². The Morgan fingerprint density at radius 2 is 2.00 bits per heavy atom. The van der Waals surface area contributed by atoms with Crippen molar-refractivity contribution < 1.29 is 23.1 Å². The van der Waals surface area contributed by atoms with E-state index in [1.165, 1.54) is 25.1 Å². The van der Waals surface area contributed by atoms with Gasteiger partial charge in [-0.05, 0) is 18.2 Å². The maximum Gasteiger partial charge on any atom is 0.417 e. The standard InChI is InChI=1S/C14H9Cl2F3N2O2/c1-7(22)21(16)10-3-2-4-11(23)12(10)13-9(15)5-8(6-20-13)14(17,18)19/h2-6,23H,1H3. The molecular weight excluding hydrogens is 356 g/mol. The Morgan fingerprint density at radius 3 is 2.52 bits per heavy atom. The van der Waals surface area contributed by atoms with Gasteiger partial charge in [0.25, 0.3) is 0 Å². The molecule has 0 spiro atoms. The minimum absolute atomic E-state index is 0.0450. The summed E-state index contributed by atoms with van der Waals surface area (Å²) in [4.78, 5) is 15.1. The van der Waals surface area contributed by atoms with Gasteiger partial charge in [0.05, 0.1) is 27.5 Å². The first-order chi connectivity index (χ1) is 10.6. The number of carbonyl (C=O) groups is 1. The number of benzene rings is 1. The van der Waals surface area contributed by atoms with Crippen molar-refractivity contribution in [1.82, 2.24) is 4.98 Å². The summed E-state index contributed by atoms with van der Waals surface area (Å²) in [6, 6.07) is 4.79. The van der Waals surface area contributed by atoms with E-state index < -0.39 is 17.6 Å². The van der Waals surface area contributed by atoms with Crippen molar-refractivity contribution in [3.63, 3.8) is 0 Å². The fourth-order valence-electron chi connectivity index (χ4n) is 1.88. The molecule has 0 radical (unpaired) electrons. The molecule has 1 N–H and O–H groups in total. The second-order valence-corrected chi connectivity index (χ2v) is 5.27. The summed E-state index contributed by atoms with van der Waals surface area (Å²) in [5, 5.41) is 9.67. The van der Waals surface area contributed by atoms with Crippen LogP contribution in [0.4, 0.5) is 18.9 Å². The summed E-state index contributed by atoms with van der Waals surface area (Å²) >= 11 is 11.7. The summed E-state index contributed by atoms with van der Waals surface area (Å²) in [5.41, 5.74) is -1.15. The van der Waals surface area contributed by atoms with Crippen LogP contribution in [-0.4, -0.2) is 16.0 Å². The zero-order valence-electron chi connectivity index (χ0n) is 11.5. The number of aromatic nitrogens is 1. The van der Waals surface area contributed by atoms with Crippen LogP contribution in [0, 0.1) is 0 Å². The predicted molar refractivity (Wildman–Crippen MR) is 80.4 cm³/mol. The highest BCUT2D eigenvalue weighted by molar-refractivity contribution is 6.38. The average molecular weight is 365 g/mol. The molecule has 0 unspecified atom stereocenters. The molecule has 0 aliphatic rings. The van der Waals surface area contributed by atoms with E-state index >= 15 is 0 Å². The fraction of sp³-hybridized carbons (Fsp3) is 0.143. The van der Waals surface area contributed by atoms with Crippen LogP contribution >= 0.6 is 23.4 Å². The first kappa shape index (κ1) is 17.4. The Bertz CT molecular complexity index is 766. The number of alkyl halides is 3. The number of phenols is 1. The third kappa shape index (κ3) is 3.51. The Kier molecular flexibility index (Phi) is 4.72. The molecule has 1 amide bonds. The molecule has 0 saturated carbocycles. The van der Waals surface area contributed by atoms with Gasteiger partial charge in [0, 0.05) is 24.9 Å². The lowest BCUT2D eigenvalue weighted by molar-refractivity contribution is -0.137. The van der Waals surface area contributed by atoms with E-state index in [4.69, 9.17) is 23.4 Å². The minimum Gasteiger partial charge on any atom is -0.507 e. The molecule has 4 nitrogen and oxygen atoms in total. The van der Waals surface area contributed by atoms with Crippen LogP contribution in [0.2, 0.25) is 5.02 Å². The quantitative estimate of drug-likeness (QED) is 0.790. The van der Waals surface area contributed by atoms with Gasteiger partial charge in [0.15, 0.2) is 0 Å². The molecule has 0 bridgehead atoms. The molecule has 9 heteroatoms. The van der Waals surface area contributed by atoms with E-state index in [1.54, 1.807) is 0 Å². The van der Waals surface area contributed by atoms with Crippen molar-refractivity contribution >= 4 is 35.0 Å². The number of carbonyl (C=O) groups excluding carboxylic acids is 1. The van der Waals surface area contributed by atoms with Gasteiger partial charge in [-0.1, -0.05) is 17.7 Å². The van der Waals surface area contributed by atoms with Crippen molar-refractivity contribution in [2.45, 2.75) is 13.1 Å². The van der Waals surface area contributed by atoms with Crippen molar-refractivity contribution in [2.75, 3.05) is 4.42 Å². The van der Waals surface area contributed by atoms with Crippen molar-refractivity contribution in [3.8, 4) is 17.0 Å². The maximum absolute atomic E-state index is 12.7. The number of halogens is 5. The van der Waals surface area contributed by atoms with Crippen molar-refractivity contribution in [3.05, 3.63) is 41.0 Å². The van der Waals surface area contributed by atoms with Crippen LogP contribution in [-0.2, 0) is 11.0 Å². The summed E-state index contributed by atoms with van der Waals surface area (Å²) in [6.45, 7) is 1.18. The highest BCUT2D eigenvalue weighted by Crippen LogP contribution is 2.42. The van der Waals surface area contributed by atoms with Gasteiger partial charge in [0.2, 0.25) is 5.91 Å². The normalized spacial score (nSPS) is 11.4. The molecule has 0 aliphatic carbocycles. The van der Waals surface area contributed by atoms with Crippen LogP contribution in [0.25, 0.3) is 11.3 Å². The van der Waals surface area contributed by atoms with Crippen molar-refractivity contribution in [2.24, 2.45) is 0 Å². The van der Waals surface area contributed by atoms with Gasteiger partial charge >= 0.3 is 6.18 Å². The molecule has 1 aromatic heterocycles. The fourth-order valence-corrected chi connectivity index (χ4v) is 2.28. The summed E-state index contributed by atoms with van der Waals surface area (Å²) in [6.07, 6.45) is -4.02. The Labute approximate surface area is 139 Å². The number of amides is 1. The van der Waals surface area contributed by atoms with E-state index in [9.17, 15) is 23.1 Å². The zero-order chi connectivity index (χ0) is 17.4. The lowest BCUT2D eigenvalue weighted by Crippen LogP contribution is -2.17. The van der Waals surface area contributed by atoms with Gasteiger partial charge in [0.1, 0.15) is 5.75 Å². The molecule has 23 heavy (non-hydrogen) atoms. The van der Waals surface area contributed by atoms with Gasteiger partial charge in [-0.15, -0.1) is 0 Å². The van der Waals surface area contributed by atoms with Crippen LogP contribution < -0.4 is 4.42 Å². The van der Waals surface area contributed by atoms with Gasteiger partial charge in [-0.25, -0.2) is 4.42 Å². The molecule has 0 fully saturated rings. The molecule has 122 valence electrons. The number of anilines is 1. The van der Waals surface area contributed by atoms with Crippen LogP contribution in [0.3, 0.4) is 0 Å². The first-order valence-electron chi connectivity index (χ1n) is 6.14. The smallest absolute Gasteiger partial charge is 0.417 e. The van der Waals surface area contributed by atoms with Gasteiger partial charge < -0.3 is 5.11 Å². The molecule has 0 saturated heterocycles. The lowest BCUT2D eigenvalue weighted by Gasteiger charge is -2.18. The topological polar surface area (TPSA) is 53.4 Å². The summed E-state index contributed by atoms with van der Waals surface area (Å²) in [7, 11) is 0. The Morgan fingerprint density at radius 1 is 1.35 bits per heavy atom. The number of aromatic hydroxyl groups is 1. The SMILES string of the molecule is CC(=O)N(Cl)c1cccc(O)c1-c1ncc(C(F)(F)F)cc1Cl. The number of pyridine rings is 1. The second-order valence-electron chi connectivity index (χ2n) is 4.52. The summed E-state index contributed by atoms with van der Waals surface area (Å²) in [5.74, 6) is -0.884. The average Bonchev–Trinajstić information content (AvgIpc) is 2.45. The van der Waals surface area contributed by atoms with Crippen LogP contribution in [0.5, 0.6) is 5.75 Å².